The lowest BCUT2D eigenvalue weighted by Crippen LogP contribution is -2.44. The van der Waals surface area contributed by atoms with Crippen molar-refractivity contribution in [2.24, 2.45) is 4.99 Å². The van der Waals surface area contributed by atoms with Gasteiger partial charge in [-0.25, -0.2) is 4.99 Å². The average Bonchev–Trinajstić information content (AvgIpc) is 2.91. The summed E-state index contributed by atoms with van der Waals surface area (Å²) in [5.41, 5.74) is 2.17. The molecule has 0 saturated carbocycles. The van der Waals surface area contributed by atoms with E-state index in [9.17, 15) is 5.11 Å². The Morgan fingerprint density at radius 2 is 1.88 bits per heavy atom. The Labute approximate surface area is 173 Å². The van der Waals surface area contributed by atoms with Gasteiger partial charge in [-0.3, -0.25) is 0 Å². The van der Waals surface area contributed by atoms with Gasteiger partial charge in [0.15, 0.2) is 5.96 Å². The van der Waals surface area contributed by atoms with Gasteiger partial charge in [0.25, 0.3) is 0 Å². The van der Waals surface area contributed by atoms with Gasteiger partial charge in [0.05, 0.1) is 13.1 Å². The fourth-order valence-electron chi connectivity index (χ4n) is 2.81. The van der Waals surface area contributed by atoms with Crippen LogP contribution in [0.3, 0.4) is 0 Å². The van der Waals surface area contributed by atoms with Crippen LogP contribution in [0.25, 0.3) is 0 Å². The zero-order valence-electron chi connectivity index (χ0n) is 16.2. The maximum Gasteiger partial charge on any atom is 0.191 e. The topological polar surface area (TPSA) is 69.8 Å². The van der Waals surface area contributed by atoms with Crippen molar-refractivity contribution in [2.75, 3.05) is 13.1 Å². The van der Waals surface area contributed by atoms with Crippen LogP contribution in [0.4, 0.5) is 0 Å². The second kappa shape index (κ2) is 9.97. The van der Waals surface area contributed by atoms with Crippen LogP contribution in [-0.2, 0) is 12.1 Å². The third-order valence-corrected chi connectivity index (χ3v) is 4.23. The highest BCUT2D eigenvalue weighted by Gasteiger charge is 2.27. The van der Waals surface area contributed by atoms with E-state index in [-0.39, 0.29) is 24.0 Å². The molecule has 26 heavy (non-hydrogen) atoms. The van der Waals surface area contributed by atoms with Crippen LogP contribution >= 0.6 is 24.0 Å². The highest BCUT2D eigenvalue weighted by molar-refractivity contribution is 14.0. The summed E-state index contributed by atoms with van der Waals surface area (Å²) in [7, 11) is 0. The summed E-state index contributed by atoms with van der Waals surface area (Å²) in [5.74, 6) is 2.22. The summed E-state index contributed by atoms with van der Waals surface area (Å²) >= 11 is 0. The minimum Gasteiger partial charge on any atom is -0.466 e. The van der Waals surface area contributed by atoms with Gasteiger partial charge in [-0.1, -0.05) is 24.3 Å². The molecule has 1 unspecified atom stereocenters. The van der Waals surface area contributed by atoms with Crippen LogP contribution < -0.4 is 10.6 Å². The van der Waals surface area contributed by atoms with Gasteiger partial charge in [-0.2, -0.15) is 0 Å². The van der Waals surface area contributed by atoms with Crippen molar-refractivity contribution in [1.29, 1.82) is 0 Å². The van der Waals surface area contributed by atoms with Gasteiger partial charge in [0.1, 0.15) is 17.1 Å². The number of aryl methyl sites for hydroxylation is 3. The van der Waals surface area contributed by atoms with E-state index in [1.165, 1.54) is 11.1 Å². The van der Waals surface area contributed by atoms with E-state index in [4.69, 9.17) is 4.42 Å². The van der Waals surface area contributed by atoms with Gasteiger partial charge >= 0.3 is 0 Å². The molecule has 1 atom stereocenters. The van der Waals surface area contributed by atoms with E-state index in [1.54, 1.807) is 6.92 Å². The van der Waals surface area contributed by atoms with Gasteiger partial charge < -0.3 is 20.2 Å². The smallest absolute Gasteiger partial charge is 0.191 e. The molecule has 1 aromatic carbocycles. The molecular formula is C20H30IN3O2. The predicted molar refractivity (Wildman–Crippen MR) is 117 cm³/mol. The molecule has 6 heteroatoms. The van der Waals surface area contributed by atoms with Crippen molar-refractivity contribution in [1.82, 2.24) is 10.6 Å². The second-order valence-electron chi connectivity index (χ2n) is 6.58. The highest BCUT2D eigenvalue weighted by atomic mass is 127. The normalized spacial score (nSPS) is 13.7. The van der Waals surface area contributed by atoms with Gasteiger partial charge in [0.2, 0.25) is 0 Å². The van der Waals surface area contributed by atoms with Crippen LogP contribution in [0.1, 0.15) is 42.1 Å². The molecule has 0 saturated heterocycles. The number of guanidine groups is 1. The molecule has 0 aliphatic rings. The maximum absolute atomic E-state index is 10.8. The molecule has 1 aromatic heterocycles. The number of rotatable bonds is 6. The number of nitrogens with one attached hydrogen (secondary N) is 2. The quantitative estimate of drug-likeness (QED) is 0.341. The van der Waals surface area contributed by atoms with E-state index in [0.29, 0.717) is 19.0 Å². The summed E-state index contributed by atoms with van der Waals surface area (Å²) in [5, 5.41) is 17.3. The molecule has 0 aliphatic heterocycles. The molecule has 0 radical (unpaired) electrons. The molecular weight excluding hydrogens is 441 g/mol. The molecule has 2 aromatic rings. The number of hydrogen-bond acceptors (Lipinski definition) is 3. The maximum atomic E-state index is 10.8. The number of benzene rings is 1. The van der Waals surface area contributed by atoms with Gasteiger partial charge in [-0.15, -0.1) is 24.0 Å². The van der Waals surface area contributed by atoms with E-state index in [0.717, 1.165) is 23.6 Å². The lowest BCUT2D eigenvalue weighted by molar-refractivity contribution is 0.0601. The molecule has 0 fully saturated rings. The van der Waals surface area contributed by atoms with E-state index >= 15 is 0 Å². The van der Waals surface area contributed by atoms with Crippen molar-refractivity contribution in [3.63, 3.8) is 0 Å². The van der Waals surface area contributed by atoms with Crippen LogP contribution in [0, 0.1) is 20.8 Å². The molecule has 0 bridgehead atoms. The summed E-state index contributed by atoms with van der Waals surface area (Å²) in [4.78, 5) is 4.63. The summed E-state index contributed by atoms with van der Waals surface area (Å²) in [6.07, 6.45) is 0. The number of hydrogen-bond donors (Lipinski definition) is 3. The Morgan fingerprint density at radius 1 is 1.19 bits per heavy atom. The van der Waals surface area contributed by atoms with Crippen LogP contribution in [0.15, 0.2) is 39.7 Å². The van der Waals surface area contributed by atoms with Crippen molar-refractivity contribution < 1.29 is 9.52 Å². The van der Waals surface area contributed by atoms with Crippen LogP contribution in [0.5, 0.6) is 0 Å². The summed E-state index contributed by atoms with van der Waals surface area (Å²) in [6, 6.07) is 10.1. The van der Waals surface area contributed by atoms with Gasteiger partial charge in [0, 0.05) is 12.1 Å². The molecule has 0 amide bonds. The standard InChI is InChI=1S/C20H29N3O2.HI/c1-6-21-19(22-12-17-10-8-7-9-14(17)2)23-13-20(5,24)18-11-15(3)25-16(18)4;/h7-11,24H,6,12-13H2,1-5H3,(H2,21,22,23);1H. The number of halogens is 1. The molecule has 2 rings (SSSR count). The molecule has 144 valence electrons. The Bertz CT molecular complexity index is 738. The number of nitrogens with zero attached hydrogens (tertiary/aromatic N) is 1. The molecule has 1 heterocycles. The van der Waals surface area contributed by atoms with Crippen molar-refractivity contribution in [2.45, 2.75) is 46.8 Å². The van der Waals surface area contributed by atoms with Gasteiger partial charge in [-0.05, 0) is 51.8 Å². The molecule has 3 N–H and O–H groups in total. The monoisotopic (exact) mass is 471 g/mol. The first-order chi connectivity index (χ1) is 11.8. The number of furan rings is 1. The highest BCUT2D eigenvalue weighted by Crippen LogP contribution is 2.26. The Balaban J connectivity index is 0.00000338. The Kier molecular flexibility index (Phi) is 8.62. The lowest BCUT2D eigenvalue weighted by Gasteiger charge is -2.24. The van der Waals surface area contributed by atoms with Crippen LogP contribution in [0.2, 0.25) is 0 Å². The summed E-state index contributed by atoms with van der Waals surface area (Å²) < 4.78 is 5.54. The zero-order valence-corrected chi connectivity index (χ0v) is 18.5. The third-order valence-electron chi connectivity index (χ3n) is 4.23. The SMILES string of the molecule is CCNC(=NCc1ccccc1C)NCC(C)(O)c1cc(C)oc1C.I. The van der Waals surface area contributed by atoms with Crippen molar-refractivity contribution in [3.05, 3.63) is 58.5 Å². The first-order valence-corrected chi connectivity index (χ1v) is 8.70. The number of aliphatic hydroxyl groups is 1. The largest absolute Gasteiger partial charge is 0.466 e. The zero-order chi connectivity index (χ0) is 18.4. The van der Waals surface area contributed by atoms with E-state index in [2.05, 4.69) is 34.7 Å². The third kappa shape index (κ3) is 6.02. The van der Waals surface area contributed by atoms with Crippen molar-refractivity contribution >= 4 is 29.9 Å². The average molecular weight is 471 g/mol. The fourth-order valence-corrected chi connectivity index (χ4v) is 2.81. The lowest BCUT2D eigenvalue weighted by atomic mass is 9.96. The molecule has 0 aliphatic carbocycles. The van der Waals surface area contributed by atoms with E-state index < -0.39 is 5.60 Å². The molecule has 0 spiro atoms. The summed E-state index contributed by atoms with van der Waals surface area (Å²) in [6.45, 7) is 11.3. The molecule has 5 nitrogen and oxygen atoms in total. The minimum absolute atomic E-state index is 0. The minimum atomic E-state index is -1.04. The first kappa shape index (κ1) is 22.5. The first-order valence-electron chi connectivity index (χ1n) is 8.70. The van der Waals surface area contributed by atoms with Crippen molar-refractivity contribution in [3.8, 4) is 0 Å². The second-order valence-corrected chi connectivity index (χ2v) is 6.58. The predicted octanol–water partition coefficient (Wildman–Crippen LogP) is 3.79. The fraction of sp³-hybridized carbons (Fsp3) is 0.450. The Hall–Kier alpha value is -1.54. The Morgan fingerprint density at radius 3 is 2.46 bits per heavy atom. The van der Waals surface area contributed by atoms with Crippen LogP contribution in [-0.4, -0.2) is 24.2 Å². The number of aliphatic imine (C=N–C) groups is 1. The van der Waals surface area contributed by atoms with E-state index in [1.807, 2.05) is 39.0 Å².